The Morgan fingerprint density at radius 2 is 2.05 bits per heavy atom. The third-order valence-corrected chi connectivity index (χ3v) is 4.37. The second kappa shape index (κ2) is 7.28. The number of nitrogens with one attached hydrogen (secondary N) is 1. The van der Waals surface area contributed by atoms with Gasteiger partial charge in [0.25, 0.3) is 0 Å². The van der Waals surface area contributed by atoms with Gasteiger partial charge in [-0.15, -0.1) is 0 Å². The molecular weight excluding hydrogens is 281 g/mol. The summed E-state index contributed by atoms with van der Waals surface area (Å²) >= 11 is 12.2. The molecule has 1 N–H and O–H groups in total. The Kier molecular flexibility index (Phi) is 5.68. The number of rotatable bonds is 5. The number of piperidine rings is 1. The number of hydrogen-bond acceptors (Lipinski definition) is 2. The first-order valence-electron chi connectivity index (χ1n) is 6.82. The SMILES string of the molecule is O=C(CCC1CCCNC1)Cc1c(Cl)cccc1Cl. The molecule has 1 unspecified atom stereocenters. The van der Waals surface area contributed by atoms with E-state index >= 15 is 0 Å². The lowest BCUT2D eigenvalue weighted by Gasteiger charge is -2.22. The second-order valence-corrected chi connectivity index (χ2v) is 5.98. The molecule has 19 heavy (non-hydrogen) atoms. The number of halogens is 2. The number of ketones is 1. The van der Waals surface area contributed by atoms with E-state index in [1.807, 2.05) is 0 Å². The summed E-state index contributed by atoms with van der Waals surface area (Å²) in [4.78, 5) is 12.0. The van der Waals surface area contributed by atoms with E-state index in [9.17, 15) is 4.79 Å². The van der Waals surface area contributed by atoms with Crippen LogP contribution in [0.1, 0.15) is 31.2 Å². The van der Waals surface area contributed by atoms with Gasteiger partial charge in [-0.05, 0) is 56.0 Å². The molecule has 0 spiro atoms. The van der Waals surface area contributed by atoms with E-state index in [4.69, 9.17) is 23.2 Å². The average molecular weight is 300 g/mol. The predicted molar refractivity (Wildman–Crippen MR) is 80.0 cm³/mol. The summed E-state index contributed by atoms with van der Waals surface area (Å²) in [6.07, 6.45) is 4.38. The summed E-state index contributed by atoms with van der Waals surface area (Å²) in [6, 6.07) is 5.36. The van der Waals surface area contributed by atoms with Crippen molar-refractivity contribution >= 4 is 29.0 Å². The Morgan fingerprint density at radius 1 is 1.32 bits per heavy atom. The van der Waals surface area contributed by atoms with Gasteiger partial charge in [-0.1, -0.05) is 29.3 Å². The monoisotopic (exact) mass is 299 g/mol. The fourth-order valence-corrected chi connectivity index (χ4v) is 3.05. The van der Waals surface area contributed by atoms with E-state index in [1.54, 1.807) is 18.2 Å². The van der Waals surface area contributed by atoms with E-state index < -0.39 is 0 Å². The lowest BCUT2D eigenvalue weighted by molar-refractivity contribution is -0.118. The number of benzene rings is 1. The molecule has 1 aliphatic rings. The molecule has 1 fully saturated rings. The molecule has 0 radical (unpaired) electrons. The Labute approximate surface area is 124 Å². The van der Waals surface area contributed by atoms with Crippen molar-refractivity contribution in [2.45, 2.75) is 32.1 Å². The molecule has 1 aliphatic heterocycles. The number of carbonyl (C=O) groups excluding carboxylic acids is 1. The van der Waals surface area contributed by atoms with Crippen molar-refractivity contribution in [3.8, 4) is 0 Å². The summed E-state index contributed by atoms with van der Waals surface area (Å²) < 4.78 is 0. The van der Waals surface area contributed by atoms with Crippen molar-refractivity contribution in [2.75, 3.05) is 13.1 Å². The maximum atomic E-state index is 12.0. The van der Waals surface area contributed by atoms with E-state index in [-0.39, 0.29) is 5.78 Å². The van der Waals surface area contributed by atoms with Crippen molar-refractivity contribution in [1.82, 2.24) is 5.32 Å². The standard InChI is InChI=1S/C15H19Cl2NO/c16-14-4-1-5-15(17)13(14)9-12(19)7-6-11-3-2-8-18-10-11/h1,4-5,11,18H,2-3,6-10H2. The highest BCUT2D eigenvalue weighted by molar-refractivity contribution is 6.36. The quantitative estimate of drug-likeness (QED) is 0.894. The van der Waals surface area contributed by atoms with Crippen LogP contribution in [0.3, 0.4) is 0 Å². The maximum Gasteiger partial charge on any atom is 0.137 e. The van der Waals surface area contributed by atoms with Crippen LogP contribution < -0.4 is 5.32 Å². The molecule has 1 heterocycles. The molecule has 0 bridgehead atoms. The average Bonchev–Trinajstić information content (AvgIpc) is 2.42. The van der Waals surface area contributed by atoms with Gasteiger partial charge in [0.05, 0.1) is 0 Å². The molecule has 104 valence electrons. The van der Waals surface area contributed by atoms with E-state index in [0.29, 0.717) is 28.8 Å². The van der Waals surface area contributed by atoms with Crippen molar-refractivity contribution in [3.05, 3.63) is 33.8 Å². The van der Waals surface area contributed by atoms with Crippen LogP contribution in [-0.2, 0) is 11.2 Å². The van der Waals surface area contributed by atoms with Gasteiger partial charge in [-0.3, -0.25) is 4.79 Å². The number of carbonyl (C=O) groups is 1. The van der Waals surface area contributed by atoms with Crippen molar-refractivity contribution in [3.63, 3.8) is 0 Å². The predicted octanol–water partition coefficient (Wildman–Crippen LogP) is 3.88. The van der Waals surface area contributed by atoms with E-state index in [2.05, 4.69) is 5.32 Å². The van der Waals surface area contributed by atoms with Crippen LogP contribution in [-0.4, -0.2) is 18.9 Å². The van der Waals surface area contributed by atoms with Gasteiger partial charge in [-0.2, -0.15) is 0 Å². The largest absolute Gasteiger partial charge is 0.316 e. The Hall–Kier alpha value is -0.570. The molecular formula is C15H19Cl2NO. The summed E-state index contributed by atoms with van der Waals surface area (Å²) in [5, 5.41) is 4.54. The topological polar surface area (TPSA) is 29.1 Å². The van der Waals surface area contributed by atoms with Crippen LogP contribution in [0.15, 0.2) is 18.2 Å². The summed E-state index contributed by atoms with van der Waals surface area (Å²) in [6.45, 7) is 2.15. The number of hydrogen-bond donors (Lipinski definition) is 1. The Bertz CT molecular complexity index is 422. The molecule has 4 heteroatoms. The third kappa shape index (κ3) is 4.48. The zero-order valence-corrected chi connectivity index (χ0v) is 12.4. The molecule has 2 nitrogen and oxygen atoms in total. The van der Waals surface area contributed by atoms with Crippen LogP contribution in [0.25, 0.3) is 0 Å². The summed E-state index contributed by atoms with van der Waals surface area (Å²) in [5.41, 5.74) is 0.762. The van der Waals surface area contributed by atoms with Crippen LogP contribution in [0, 0.1) is 5.92 Å². The molecule has 0 saturated carbocycles. The molecule has 1 saturated heterocycles. The summed E-state index contributed by atoms with van der Waals surface area (Å²) in [7, 11) is 0. The maximum absolute atomic E-state index is 12.0. The Balaban J connectivity index is 1.83. The van der Waals surface area contributed by atoms with E-state index in [0.717, 1.165) is 25.1 Å². The summed E-state index contributed by atoms with van der Waals surface area (Å²) in [5.74, 6) is 0.861. The number of Topliss-reactive ketones (excluding diaryl/α,β-unsaturated/α-hetero) is 1. The molecule has 0 aliphatic carbocycles. The molecule has 0 aromatic heterocycles. The molecule has 1 atom stereocenters. The van der Waals surface area contributed by atoms with Gasteiger partial charge in [0.15, 0.2) is 0 Å². The first kappa shape index (κ1) is 14.8. The van der Waals surface area contributed by atoms with Crippen LogP contribution >= 0.6 is 23.2 Å². The van der Waals surface area contributed by atoms with Gasteiger partial charge < -0.3 is 5.32 Å². The highest BCUT2D eigenvalue weighted by Crippen LogP contribution is 2.25. The third-order valence-electron chi connectivity index (χ3n) is 3.67. The van der Waals surface area contributed by atoms with Crippen LogP contribution in [0.2, 0.25) is 10.0 Å². The highest BCUT2D eigenvalue weighted by atomic mass is 35.5. The van der Waals surface area contributed by atoms with Crippen molar-refractivity contribution in [2.24, 2.45) is 5.92 Å². The zero-order chi connectivity index (χ0) is 13.7. The lowest BCUT2D eigenvalue weighted by Crippen LogP contribution is -2.30. The fourth-order valence-electron chi connectivity index (χ4n) is 2.52. The van der Waals surface area contributed by atoms with Crippen molar-refractivity contribution < 1.29 is 4.79 Å². The van der Waals surface area contributed by atoms with E-state index in [1.165, 1.54) is 12.8 Å². The lowest BCUT2D eigenvalue weighted by atomic mass is 9.92. The van der Waals surface area contributed by atoms with Gasteiger partial charge >= 0.3 is 0 Å². The molecule has 1 aromatic carbocycles. The second-order valence-electron chi connectivity index (χ2n) is 5.17. The fraction of sp³-hybridized carbons (Fsp3) is 0.533. The van der Waals surface area contributed by atoms with Gasteiger partial charge in [0.2, 0.25) is 0 Å². The molecule has 2 rings (SSSR count). The smallest absolute Gasteiger partial charge is 0.137 e. The first-order chi connectivity index (χ1) is 9.16. The molecule has 1 aromatic rings. The first-order valence-corrected chi connectivity index (χ1v) is 7.57. The minimum Gasteiger partial charge on any atom is -0.316 e. The van der Waals surface area contributed by atoms with Gasteiger partial charge in [0.1, 0.15) is 5.78 Å². The highest BCUT2D eigenvalue weighted by Gasteiger charge is 2.16. The molecule has 0 amide bonds. The van der Waals surface area contributed by atoms with Gasteiger partial charge in [-0.25, -0.2) is 0 Å². The minimum absolute atomic E-state index is 0.223. The van der Waals surface area contributed by atoms with Crippen molar-refractivity contribution in [1.29, 1.82) is 0 Å². The van der Waals surface area contributed by atoms with Crippen LogP contribution in [0.4, 0.5) is 0 Å². The van der Waals surface area contributed by atoms with Crippen LogP contribution in [0.5, 0.6) is 0 Å². The Morgan fingerprint density at radius 3 is 2.68 bits per heavy atom. The minimum atomic E-state index is 0.223. The normalized spacial score (nSPS) is 19.4. The zero-order valence-electron chi connectivity index (χ0n) is 10.9. The van der Waals surface area contributed by atoms with Gasteiger partial charge in [0, 0.05) is 22.9 Å².